The molecule has 0 saturated carbocycles. The molecule has 0 fully saturated rings. The summed E-state index contributed by atoms with van der Waals surface area (Å²) in [7, 11) is 0.483. The number of hydrogen-bond donors (Lipinski definition) is 0. The molecule has 0 spiro atoms. The summed E-state index contributed by atoms with van der Waals surface area (Å²) in [5.74, 6) is -7.73. The standard InChI is InChI=1S/C4H3F4NO3/c1-12-2(10)3(5,6)4(7,8)9-11/h1H3. The third-order valence-corrected chi connectivity index (χ3v) is 0.934. The van der Waals surface area contributed by atoms with Gasteiger partial charge in [-0.25, -0.2) is 4.79 Å². The van der Waals surface area contributed by atoms with Gasteiger partial charge in [0.15, 0.2) is 0 Å². The summed E-state index contributed by atoms with van der Waals surface area (Å²) >= 11 is 0. The zero-order chi connectivity index (χ0) is 9.99. The summed E-state index contributed by atoms with van der Waals surface area (Å²) in [5, 5.41) is 0.827. The number of halogens is 4. The summed E-state index contributed by atoms with van der Waals surface area (Å²) in [5.41, 5.74) is 0. The summed E-state index contributed by atoms with van der Waals surface area (Å²) < 4.78 is 51.2. The van der Waals surface area contributed by atoms with E-state index in [0.717, 1.165) is 5.18 Å². The number of methoxy groups -OCH3 is 1. The van der Waals surface area contributed by atoms with Crippen LogP contribution < -0.4 is 0 Å². The van der Waals surface area contributed by atoms with Crippen LogP contribution in [0.5, 0.6) is 0 Å². The van der Waals surface area contributed by atoms with Crippen LogP contribution in [-0.2, 0) is 9.53 Å². The van der Waals surface area contributed by atoms with E-state index in [2.05, 4.69) is 4.74 Å². The molecular formula is C4H3F4NO3. The van der Waals surface area contributed by atoms with E-state index < -0.39 is 17.9 Å². The van der Waals surface area contributed by atoms with Gasteiger partial charge in [-0.3, -0.25) is 0 Å². The lowest BCUT2D eigenvalue weighted by Crippen LogP contribution is -2.46. The van der Waals surface area contributed by atoms with E-state index in [-0.39, 0.29) is 0 Å². The Kier molecular flexibility index (Phi) is 2.73. The Morgan fingerprint density at radius 3 is 2.00 bits per heavy atom. The van der Waals surface area contributed by atoms with Gasteiger partial charge >= 0.3 is 17.9 Å². The molecular weight excluding hydrogens is 186 g/mol. The highest BCUT2D eigenvalue weighted by atomic mass is 19.3. The number of nitrogens with zero attached hydrogens (tertiary/aromatic N) is 1. The van der Waals surface area contributed by atoms with Crippen molar-refractivity contribution in [2.24, 2.45) is 5.18 Å². The number of ether oxygens (including phenoxy) is 1. The maximum atomic E-state index is 12.1. The van der Waals surface area contributed by atoms with Gasteiger partial charge in [-0.1, -0.05) is 0 Å². The molecule has 0 aliphatic carbocycles. The average molecular weight is 189 g/mol. The summed E-state index contributed by atoms with van der Waals surface area (Å²) in [6.45, 7) is 0. The van der Waals surface area contributed by atoms with Crippen LogP contribution >= 0.6 is 0 Å². The van der Waals surface area contributed by atoms with Crippen molar-refractivity contribution < 1.29 is 27.1 Å². The fraction of sp³-hybridized carbons (Fsp3) is 0.750. The van der Waals surface area contributed by atoms with Crippen LogP contribution in [-0.4, -0.2) is 25.0 Å². The van der Waals surface area contributed by atoms with Gasteiger partial charge in [-0.15, -0.1) is 4.91 Å². The van der Waals surface area contributed by atoms with Crippen molar-refractivity contribution in [1.82, 2.24) is 0 Å². The molecule has 0 radical (unpaired) electrons. The van der Waals surface area contributed by atoms with E-state index >= 15 is 0 Å². The topological polar surface area (TPSA) is 55.7 Å². The molecule has 0 N–H and O–H groups in total. The van der Waals surface area contributed by atoms with Gasteiger partial charge in [-0.2, -0.15) is 17.6 Å². The third-order valence-electron chi connectivity index (χ3n) is 0.934. The first-order chi connectivity index (χ1) is 5.29. The molecule has 12 heavy (non-hydrogen) atoms. The monoisotopic (exact) mass is 189 g/mol. The second kappa shape index (κ2) is 3.03. The number of hydrogen-bond acceptors (Lipinski definition) is 4. The smallest absolute Gasteiger partial charge is 0.450 e. The van der Waals surface area contributed by atoms with Gasteiger partial charge in [0.1, 0.15) is 0 Å². The summed E-state index contributed by atoms with van der Waals surface area (Å²) in [6.07, 6.45) is 0. The minimum absolute atomic E-state index is 0.483. The first-order valence-electron chi connectivity index (χ1n) is 2.48. The van der Waals surface area contributed by atoms with E-state index in [0.29, 0.717) is 7.11 Å². The molecule has 0 saturated heterocycles. The minimum atomic E-state index is -5.28. The third kappa shape index (κ3) is 1.51. The second-order valence-electron chi connectivity index (χ2n) is 1.70. The molecule has 0 aromatic heterocycles. The number of nitroso groups, excluding NO2 is 1. The Bertz CT molecular complexity index is 204. The van der Waals surface area contributed by atoms with E-state index in [1.807, 2.05) is 0 Å². The molecule has 0 aromatic rings. The highest BCUT2D eigenvalue weighted by molar-refractivity contribution is 5.78. The fourth-order valence-electron chi connectivity index (χ4n) is 0.308. The Morgan fingerprint density at radius 2 is 1.75 bits per heavy atom. The van der Waals surface area contributed by atoms with Gasteiger partial charge in [-0.05, 0) is 0 Å². The van der Waals surface area contributed by atoms with Crippen molar-refractivity contribution in [2.75, 3.05) is 7.11 Å². The lowest BCUT2D eigenvalue weighted by Gasteiger charge is -2.16. The van der Waals surface area contributed by atoms with Gasteiger partial charge in [0.05, 0.1) is 7.11 Å². The largest absolute Gasteiger partial charge is 0.464 e. The van der Waals surface area contributed by atoms with E-state index in [1.165, 1.54) is 0 Å². The van der Waals surface area contributed by atoms with E-state index in [9.17, 15) is 27.3 Å². The molecule has 0 atom stereocenters. The maximum Gasteiger partial charge on any atom is 0.450 e. The van der Waals surface area contributed by atoms with Crippen molar-refractivity contribution >= 4 is 5.97 Å². The number of alkyl halides is 4. The van der Waals surface area contributed by atoms with E-state index in [4.69, 9.17) is 0 Å². The fourth-order valence-corrected chi connectivity index (χ4v) is 0.308. The van der Waals surface area contributed by atoms with Crippen LogP contribution in [0, 0.1) is 4.91 Å². The lowest BCUT2D eigenvalue weighted by molar-refractivity contribution is -0.223. The second-order valence-corrected chi connectivity index (χ2v) is 1.70. The molecule has 0 rings (SSSR count). The number of carbonyl (C=O) groups is 1. The zero-order valence-electron chi connectivity index (χ0n) is 5.68. The lowest BCUT2D eigenvalue weighted by atomic mass is 10.3. The first-order valence-corrected chi connectivity index (χ1v) is 2.48. The highest BCUT2D eigenvalue weighted by Crippen LogP contribution is 2.35. The molecule has 0 bridgehead atoms. The van der Waals surface area contributed by atoms with Gasteiger partial charge < -0.3 is 4.74 Å². The average Bonchev–Trinajstić information content (AvgIpc) is 2.02. The van der Waals surface area contributed by atoms with Crippen LogP contribution in [0.1, 0.15) is 0 Å². The Balaban J connectivity index is 4.83. The van der Waals surface area contributed by atoms with Crippen LogP contribution in [0.2, 0.25) is 0 Å². The zero-order valence-corrected chi connectivity index (χ0v) is 5.68. The minimum Gasteiger partial charge on any atom is -0.464 e. The van der Waals surface area contributed by atoms with Crippen LogP contribution in [0.15, 0.2) is 5.18 Å². The molecule has 8 heteroatoms. The van der Waals surface area contributed by atoms with Crippen molar-refractivity contribution in [3.63, 3.8) is 0 Å². The quantitative estimate of drug-likeness (QED) is 0.289. The van der Waals surface area contributed by atoms with Crippen LogP contribution in [0.25, 0.3) is 0 Å². The summed E-state index contributed by atoms with van der Waals surface area (Å²) in [4.78, 5) is 19.2. The van der Waals surface area contributed by atoms with Crippen LogP contribution in [0.3, 0.4) is 0 Å². The molecule has 4 nitrogen and oxygen atoms in total. The summed E-state index contributed by atoms with van der Waals surface area (Å²) in [6, 6.07) is -5.28. The van der Waals surface area contributed by atoms with Gasteiger partial charge in [0.2, 0.25) is 0 Å². The Labute approximate surface area is 63.5 Å². The van der Waals surface area contributed by atoms with Crippen molar-refractivity contribution in [1.29, 1.82) is 0 Å². The normalized spacial score (nSPS) is 12.4. The molecule has 0 aliphatic heterocycles. The maximum absolute atomic E-state index is 12.1. The highest BCUT2D eigenvalue weighted by Gasteiger charge is 2.65. The SMILES string of the molecule is COC(=O)C(F)(F)C(F)(F)N=O. The number of rotatable bonds is 3. The van der Waals surface area contributed by atoms with E-state index in [1.54, 1.807) is 0 Å². The Morgan fingerprint density at radius 1 is 1.33 bits per heavy atom. The number of carbonyl (C=O) groups excluding carboxylic acids is 1. The predicted octanol–water partition coefficient (Wildman–Crippen LogP) is 1.15. The molecule has 70 valence electrons. The molecule has 0 aromatic carbocycles. The molecule has 0 aliphatic rings. The molecule has 0 unspecified atom stereocenters. The molecule has 0 heterocycles. The first kappa shape index (κ1) is 10.8. The van der Waals surface area contributed by atoms with Crippen molar-refractivity contribution in [3.05, 3.63) is 4.91 Å². The Hall–Kier alpha value is -1.21. The van der Waals surface area contributed by atoms with Crippen molar-refractivity contribution in [2.45, 2.75) is 12.0 Å². The predicted molar refractivity (Wildman–Crippen MR) is 27.7 cm³/mol. The van der Waals surface area contributed by atoms with Crippen molar-refractivity contribution in [3.8, 4) is 0 Å². The molecule has 0 amide bonds. The number of esters is 1. The van der Waals surface area contributed by atoms with Crippen LogP contribution in [0.4, 0.5) is 17.6 Å². The van der Waals surface area contributed by atoms with Gasteiger partial charge in [0.25, 0.3) is 0 Å². The van der Waals surface area contributed by atoms with Gasteiger partial charge in [0, 0.05) is 5.18 Å².